The molecule has 1 aliphatic rings. The summed E-state index contributed by atoms with van der Waals surface area (Å²) in [7, 11) is -1.62. The number of methoxy groups -OCH3 is 1. The molecule has 0 saturated carbocycles. The molecule has 1 fully saturated rings. The molecule has 0 bridgehead atoms. The van der Waals surface area contributed by atoms with E-state index in [9.17, 15) is 13.2 Å². The van der Waals surface area contributed by atoms with E-state index in [-0.39, 0.29) is 18.9 Å². The van der Waals surface area contributed by atoms with Gasteiger partial charge in [-0.25, -0.2) is 12.7 Å². The number of hydrogen-bond acceptors (Lipinski definition) is 5. The van der Waals surface area contributed by atoms with Crippen LogP contribution >= 0.6 is 0 Å². The second-order valence-corrected chi connectivity index (χ2v) is 8.79. The van der Waals surface area contributed by atoms with E-state index in [4.69, 9.17) is 4.74 Å². The third-order valence-corrected chi connectivity index (χ3v) is 6.17. The topological polar surface area (TPSA) is 70.2 Å². The van der Waals surface area contributed by atoms with E-state index < -0.39 is 10.0 Å². The minimum atomic E-state index is -3.28. The van der Waals surface area contributed by atoms with Crippen molar-refractivity contribution in [2.24, 2.45) is 0 Å². The van der Waals surface area contributed by atoms with Crippen LogP contribution in [0.5, 0.6) is 5.75 Å². The average molecular weight is 398 g/mol. The number of para-hydroxylation sites is 2. The zero-order chi connectivity index (χ0) is 19.9. The summed E-state index contributed by atoms with van der Waals surface area (Å²) in [5.74, 6) is 0.844. The standard InChI is InChI=1S/C19H31N3O4S/c1-4-5-11-22(27(3,24)25)12-10-19(23)21-15-13-20(14-16-21)17-8-6-7-9-18(17)26-2/h6-9H,4-5,10-16H2,1-3H3. The summed E-state index contributed by atoms with van der Waals surface area (Å²) < 4.78 is 30.6. The van der Waals surface area contributed by atoms with Crippen molar-refractivity contribution >= 4 is 21.6 Å². The number of amides is 1. The van der Waals surface area contributed by atoms with Crippen LogP contribution in [-0.2, 0) is 14.8 Å². The molecule has 0 unspecified atom stereocenters. The summed E-state index contributed by atoms with van der Waals surface area (Å²) >= 11 is 0. The molecule has 1 saturated heterocycles. The van der Waals surface area contributed by atoms with Crippen LogP contribution in [-0.4, -0.2) is 76.2 Å². The van der Waals surface area contributed by atoms with E-state index in [1.54, 1.807) is 7.11 Å². The molecule has 0 N–H and O–H groups in total. The Morgan fingerprint density at radius 1 is 1.15 bits per heavy atom. The van der Waals surface area contributed by atoms with E-state index in [2.05, 4.69) is 4.90 Å². The number of benzene rings is 1. The van der Waals surface area contributed by atoms with Crippen LogP contribution in [0.4, 0.5) is 5.69 Å². The molecular weight excluding hydrogens is 366 g/mol. The number of nitrogens with zero attached hydrogens (tertiary/aromatic N) is 3. The lowest BCUT2D eigenvalue weighted by Crippen LogP contribution is -2.49. The maximum Gasteiger partial charge on any atom is 0.224 e. The fraction of sp³-hybridized carbons (Fsp3) is 0.632. The van der Waals surface area contributed by atoms with Gasteiger partial charge in [-0.05, 0) is 18.6 Å². The van der Waals surface area contributed by atoms with Crippen LogP contribution in [0.25, 0.3) is 0 Å². The molecule has 0 spiro atoms. The molecule has 0 aliphatic carbocycles. The molecule has 2 rings (SSSR count). The molecule has 1 aromatic rings. The van der Waals surface area contributed by atoms with Gasteiger partial charge in [-0.3, -0.25) is 4.79 Å². The SMILES string of the molecule is CCCCN(CCC(=O)N1CCN(c2ccccc2OC)CC1)S(C)(=O)=O. The first kappa shape index (κ1) is 21.5. The highest BCUT2D eigenvalue weighted by molar-refractivity contribution is 7.88. The zero-order valence-corrected chi connectivity index (χ0v) is 17.4. The quantitative estimate of drug-likeness (QED) is 0.635. The summed E-state index contributed by atoms with van der Waals surface area (Å²) in [5, 5.41) is 0. The lowest BCUT2D eigenvalue weighted by atomic mass is 10.2. The summed E-state index contributed by atoms with van der Waals surface area (Å²) in [4.78, 5) is 16.6. The van der Waals surface area contributed by atoms with Gasteiger partial charge in [0, 0.05) is 45.7 Å². The van der Waals surface area contributed by atoms with Gasteiger partial charge in [0.05, 0.1) is 19.1 Å². The van der Waals surface area contributed by atoms with Crippen molar-refractivity contribution in [3.8, 4) is 5.75 Å². The molecule has 1 heterocycles. The van der Waals surface area contributed by atoms with E-state index in [1.165, 1.54) is 10.6 Å². The van der Waals surface area contributed by atoms with Crippen molar-refractivity contribution in [1.82, 2.24) is 9.21 Å². The van der Waals surface area contributed by atoms with Gasteiger partial charge in [0.25, 0.3) is 0 Å². The Balaban J connectivity index is 1.87. The lowest BCUT2D eigenvalue weighted by molar-refractivity contribution is -0.131. The Bertz CT molecular complexity index is 715. The predicted molar refractivity (Wildman–Crippen MR) is 108 cm³/mol. The third-order valence-electron chi connectivity index (χ3n) is 4.86. The number of hydrogen-bond donors (Lipinski definition) is 0. The fourth-order valence-electron chi connectivity index (χ4n) is 3.24. The predicted octanol–water partition coefficient (Wildman–Crippen LogP) is 1.80. The Morgan fingerprint density at radius 3 is 2.41 bits per heavy atom. The van der Waals surface area contributed by atoms with Gasteiger partial charge in [-0.2, -0.15) is 0 Å². The maximum atomic E-state index is 12.5. The number of carbonyl (C=O) groups is 1. The summed E-state index contributed by atoms with van der Waals surface area (Å²) in [6, 6.07) is 7.87. The van der Waals surface area contributed by atoms with Gasteiger partial charge < -0.3 is 14.5 Å². The first-order chi connectivity index (χ1) is 12.9. The molecular formula is C19H31N3O4S. The minimum absolute atomic E-state index is 0.0137. The van der Waals surface area contributed by atoms with Crippen molar-refractivity contribution in [2.75, 3.05) is 57.5 Å². The van der Waals surface area contributed by atoms with Crippen LogP contribution < -0.4 is 9.64 Å². The molecule has 0 atom stereocenters. The van der Waals surface area contributed by atoms with Crippen LogP contribution in [0.15, 0.2) is 24.3 Å². The Labute approximate surface area is 162 Å². The van der Waals surface area contributed by atoms with Gasteiger partial charge in [0.1, 0.15) is 5.75 Å². The van der Waals surface area contributed by atoms with Gasteiger partial charge in [0.2, 0.25) is 15.9 Å². The summed E-state index contributed by atoms with van der Waals surface area (Å²) in [5.41, 5.74) is 1.04. The van der Waals surface area contributed by atoms with Gasteiger partial charge >= 0.3 is 0 Å². The van der Waals surface area contributed by atoms with Crippen LogP contribution in [0.1, 0.15) is 26.2 Å². The molecule has 0 radical (unpaired) electrons. The number of carbonyl (C=O) groups excluding carboxylic acids is 1. The highest BCUT2D eigenvalue weighted by atomic mass is 32.2. The van der Waals surface area contributed by atoms with Crippen molar-refractivity contribution in [3.63, 3.8) is 0 Å². The van der Waals surface area contributed by atoms with Crippen LogP contribution in [0, 0.1) is 0 Å². The number of piperazine rings is 1. The second-order valence-electron chi connectivity index (χ2n) is 6.81. The number of sulfonamides is 1. The first-order valence-corrected chi connectivity index (χ1v) is 11.3. The minimum Gasteiger partial charge on any atom is -0.495 e. The van der Waals surface area contributed by atoms with E-state index in [0.29, 0.717) is 19.6 Å². The van der Waals surface area contributed by atoms with Crippen LogP contribution in [0.2, 0.25) is 0 Å². The number of unbranched alkanes of at least 4 members (excludes halogenated alkanes) is 1. The summed E-state index contributed by atoms with van der Waals surface area (Å²) in [6.45, 7) is 5.48. The third kappa shape index (κ3) is 6.10. The molecule has 27 heavy (non-hydrogen) atoms. The largest absolute Gasteiger partial charge is 0.495 e. The zero-order valence-electron chi connectivity index (χ0n) is 16.6. The van der Waals surface area contributed by atoms with E-state index in [1.807, 2.05) is 36.1 Å². The highest BCUT2D eigenvalue weighted by Crippen LogP contribution is 2.28. The molecule has 1 aliphatic heterocycles. The molecule has 8 heteroatoms. The summed E-state index contributed by atoms with van der Waals surface area (Å²) in [6.07, 6.45) is 3.16. The van der Waals surface area contributed by atoms with Crippen LogP contribution in [0.3, 0.4) is 0 Å². The van der Waals surface area contributed by atoms with Crippen molar-refractivity contribution in [1.29, 1.82) is 0 Å². The van der Waals surface area contributed by atoms with Crippen molar-refractivity contribution in [2.45, 2.75) is 26.2 Å². The smallest absolute Gasteiger partial charge is 0.224 e. The van der Waals surface area contributed by atoms with Crippen molar-refractivity contribution in [3.05, 3.63) is 24.3 Å². The second kappa shape index (κ2) is 9.94. The maximum absolute atomic E-state index is 12.5. The Hall–Kier alpha value is -1.80. The van der Waals surface area contributed by atoms with Crippen molar-refractivity contribution < 1.29 is 17.9 Å². The van der Waals surface area contributed by atoms with E-state index >= 15 is 0 Å². The number of rotatable bonds is 9. The monoisotopic (exact) mass is 397 g/mol. The number of ether oxygens (including phenoxy) is 1. The van der Waals surface area contributed by atoms with Gasteiger partial charge in [-0.1, -0.05) is 25.5 Å². The average Bonchev–Trinajstić information content (AvgIpc) is 2.67. The van der Waals surface area contributed by atoms with Gasteiger partial charge in [-0.15, -0.1) is 0 Å². The van der Waals surface area contributed by atoms with E-state index in [0.717, 1.165) is 37.4 Å². The Morgan fingerprint density at radius 2 is 1.81 bits per heavy atom. The molecule has 1 amide bonds. The molecule has 0 aromatic heterocycles. The lowest BCUT2D eigenvalue weighted by Gasteiger charge is -2.37. The Kier molecular flexibility index (Phi) is 7.91. The fourth-order valence-corrected chi connectivity index (χ4v) is 4.13. The molecule has 1 aromatic carbocycles. The molecule has 152 valence electrons. The first-order valence-electron chi connectivity index (χ1n) is 9.47. The van der Waals surface area contributed by atoms with Gasteiger partial charge in [0.15, 0.2) is 0 Å². The normalized spacial score (nSPS) is 15.3. The molecule has 7 nitrogen and oxygen atoms in total. The highest BCUT2D eigenvalue weighted by Gasteiger charge is 2.24. The number of anilines is 1.